The lowest BCUT2D eigenvalue weighted by Gasteiger charge is -2.12. The molecule has 2 N–H and O–H groups in total. The first-order valence-corrected chi connectivity index (χ1v) is 5.25. The molecule has 0 fully saturated rings. The Morgan fingerprint density at radius 3 is 2.87 bits per heavy atom. The molecule has 1 aromatic carbocycles. The van der Waals surface area contributed by atoms with Crippen LogP contribution in [0.2, 0.25) is 0 Å². The number of hydrogen-bond acceptors (Lipinski definition) is 2. The molecule has 1 aromatic rings. The van der Waals surface area contributed by atoms with Crippen LogP contribution in [0.15, 0.2) is 18.2 Å². The Kier molecular flexibility index (Phi) is 3.97. The molecule has 0 saturated heterocycles. The summed E-state index contributed by atoms with van der Waals surface area (Å²) in [5, 5.41) is 12.2. The van der Waals surface area contributed by atoms with Gasteiger partial charge in [0.2, 0.25) is 0 Å². The van der Waals surface area contributed by atoms with Gasteiger partial charge in [-0.1, -0.05) is 6.07 Å². The van der Waals surface area contributed by atoms with Gasteiger partial charge in [0.05, 0.1) is 0 Å². The Labute approximate surface area is 94.1 Å². The van der Waals surface area contributed by atoms with Crippen LogP contribution in [-0.4, -0.2) is 22.9 Å². The maximum absolute atomic E-state index is 11.7. The van der Waals surface area contributed by atoms with E-state index in [1.807, 2.05) is 6.92 Å². The van der Waals surface area contributed by atoms with Crippen molar-refractivity contribution in [3.05, 3.63) is 29.3 Å². The standard InChI is InChI=1S/C11H14ClNO2/c1-7(6-12)13-11(15)9-4-3-5-10(14)8(9)2/h3-5,7,14H,6H2,1-2H3,(H,13,15). The molecule has 0 spiro atoms. The molecule has 1 rings (SSSR count). The number of carbonyl (C=O) groups excluding carboxylic acids is 1. The number of amides is 1. The zero-order chi connectivity index (χ0) is 11.4. The van der Waals surface area contributed by atoms with Crippen LogP contribution >= 0.6 is 11.6 Å². The zero-order valence-corrected chi connectivity index (χ0v) is 9.51. The zero-order valence-electron chi connectivity index (χ0n) is 8.75. The number of rotatable bonds is 3. The van der Waals surface area contributed by atoms with Gasteiger partial charge in [0.25, 0.3) is 5.91 Å². The van der Waals surface area contributed by atoms with Crippen molar-refractivity contribution in [3.8, 4) is 5.75 Å². The summed E-state index contributed by atoms with van der Waals surface area (Å²) >= 11 is 5.59. The summed E-state index contributed by atoms with van der Waals surface area (Å²) in [6.07, 6.45) is 0. The Bertz CT molecular complexity index is 366. The average Bonchev–Trinajstić information content (AvgIpc) is 2.21. The van der Waals surface area contributed by atoms with Gasteiger partial charge in [-0.15, -0.1) is 11.6 Å². The fraction of sp³-hybridized carbons (Fsp3) is 0.364. The minimum absolute atomic E-state index is 0.0825. The van der Waals surface area contributed by atoms with Crippen LogP contribution in [0.5, 0.6) is 5.75 Å². The number of nitrogens with one attached hydrogen (secondary N) is 1. The van der Waals surface area contributed by atoms with Crippen molar-refractivity contribution >= 4 is 17.5 Å². The molecule has 0 aliphatic heterocycles. The Morgan fingerprint density at radius 1 is 1.60 bits per heavy atom. The molecule has 1 amide bonds. The molecule has 0 radical (unpaired) electrons. The molecule has 1 unspecified atom stereocenters. The van der Waals surface area contributed by atoms with Gasteiger partial charge in [0.1, 0.15) is 5.75 Å². The largest absolute Gasteiger partial charge is 0.508 e. The molecule has 4 heteroatoms. The number of alkyl halides is 1. The van der Waals surface area contributed by atoms with E-state index < -0.39 is 0 Å². The number of halogens is 1. The van der Waals surface area contributed by atoms with E-state index in [0.29, 0.717) is 17.0 Å². The predicted octanol–water partition coefficient (Wildman–Crippen LogP) is 2.06. The van der Waals surface area contributed by atoms with Gasteiger partial charge in [-0.2, -0.15) is 0 Å². The van der Waals surface area contributed by atoms with Gasteiger partial charge in [-0.3, -0.25) is 4.79 Å². The number of benzene rings is 1. The summed E-state index contributed by atoms with van der Waals surface area (Å²) in [5.41, 5.74) is 1.06. The van der Waals surface area contributed by atoms with Gasteiger partial charge in [-0.05, 0) is 26.0 Å². The van der Waals surface area contributed by atoms with E-state index in [0.717, 1.165) is 0 Å². The average molecular weight is 228 g/mol. The Balaban J connectivity index is 2.87. The highest BCUT2D eigenvalue weighted by molar-refractivity contribution is 6.18. The summed E-state index contributed by atoms with van der Waals surface area (Å²) in [6, 6.07) is 4.78. The minimum atomic E-state index is -0.212. The van der Waals surface area contributed by atoms with Gasteiger partial charge >= 0.3 is 0 Å². The smallest absolute Gasteiger partial charge is 0.251 e. The topological polar surface area (TPSA) is 49.3 Å². The molecule has 0 aliphatic rings. The maximum atomic E-state index is 11.7. The third-order valence-electron chi connectivity index (χ3n) is 2.16. The summed E-state index contributed by atoms with van der Waals surface area (Å²) in [4.78, 5) is 11.7. The second-order valence-corrected chi connectivity index (χ2v) is 3.79. The highest BCUT2D eigenvalue weighted by atomic mass is 35.5. The highest BCUT2D eigenvalue weighted by Crippen LogP contribution is 2.19. The predicted molar refractivity (Wildman–Crippen MR) is 60.5 cm³/mol. The molecule has 1 atom stereocenters. The normalized spacial score (nSPS) is 12.2. The van der Waals surface area contributed by atoms with Crippen LogP contribution in [0.3, 0.4) is 0 Å². The molecule has 0 saturated carbocycles. The fourth-order valence-corrected chi connectivity index (χ4v) is 1.29. The van der Waals surface area contributed by atoms with Gasteiger partial charge in [0, 0.05) is 23.0 Å². The van der Waals surface area contributed by atoms with Crippen molar-refractivity contribution in [2.45, 2.75) is 19.9 Å². The molecule has 0 heterocycles. The fourth-order valence-electron chi connectivity index (χ4n) is 1.21. The van der Waals surface area contributed by atoms with Crippen LogP contribution in [0.1, 0.15) is 22.8 Å². The summed E-state index contributed by atoms with van der Waals surface area (Å²) in [7, 11) is 0. The molecule has 3 nitrogen and oxygen atoms in total. The first kappa shape index (κ1) is 11.9. The number of carbonyl (C=O) groups is 1. The van der Waals surface area contributed by atoms with Crippen LogP contribution < -0.4 is 5.32 Å². The molecular weight excluding hydrogens is 214 g/mol. The van der Waals surface area contributed by atoms with E-state index in [1.165, 1.54) is 0 Å². The second-order valence-electron chi connectivity index (χ2n) is 3.48. The molecule has 0 bridgehead atoms. The van der Waals surface area contributed by atoms with E-state index in [-0.39, 0.29) is 17.7 Å². The van der Waals surface area contributed by atoms with Crippen LogP contribution in [0.25, 0.3) is 0 Å². The van der Waals surface area contributed by atoms with Crippen molar-refractivity contribution in [2.75, 3.05) is 5.88 Å². The first-order valence-electron chi connectivity index (χ1n) is 4.71. The molecule has 15 heavy (non-hydrogen) atoms. The lowest BCUT2D eigenvalue weighted by molar-refractivity contribution is 0.0942. The summed E-state index contributed by atoms with van der Waals surface area (Å²) in [6.45, 7) is 3.53. The second kappa shape index (κ2) is 5.03. The number of phenolic OH excluding ortho intramolecular Hbond substituents is 1. The van der Waals surface area contributed by atoms with Crippen molar-refractivity contribution in [1.29, 1.82) is 0 Å². The van der Waals surface area contributed by atoms with Gasteiger partial charge < -0.3 is 10.4 Å². The third kappa shape index (κ3) is 2.86. The summed E-state index contributed by atoms with van der Waals surface area (Å²) in [5.74, 6) is 0.279. The number of aromatic hydroxyl groups is 1. The van der Waals surface area contributed by atoms with Crippen LogP contribution in [0.4, 0.5) is 0 Å². The van der Waals surface area contributed by atoms with Crippen molar-refractivity contribution in [1.82, 2.24) is 5.32 Å². The van der Waals surface area contributed by atoms with E-state index in [4.69, 9.17) is 11.6 Å². The lowest BCUT2D eigenvalue weighted by atomic mass is 10.1. The van der Waals surface area contributed by atoms with Crippen LogP contribution in [0, 0.1) is 6.92 Å². The highest BCUT2D eigenvalue weighted by Gasteiger charge is 2.12. The molecular formula is C11H14ClNO2. The van der Waals surface area contributed by atoms with Crippen LogP contribution in [-0.2, 0) is 0 Å². The van der Waals surface area contributed by atoms with E-state index in [2.05, 4.69) is 5.32 Å². The summed E-state index contributed by atoms with van der Waals surface area (Å²) < 4.78 is 0. The Morgan fingerprint density at radius 2 is 2.27 bits per heavy atom. The quantitative estimate of drug-likeness (QED) is 0.777. The van der Waals surface area contributed by atoms with Crippen molar-refractivity contribution in [3.63, 3.8) is 0 Å². The van der Waals surface area contributed by atoms with Gasteiger partial charge in [0.15, 0.2) is 0 Å². The first-order chi connectivity index (χ1) is 7.06. The van der Waals surface area contributed by atoms with E-state index >= 15 is 0 Å². The maximum Gasteiger partial charge on any atom is 0.251 e. The Hall–Kier alpha value is -1.22. The molecule has 0 aliphatic carbocycles. The van der Waals surface area contributed by atoms with E-state index in [9.17, 15) is 9.90 Å². The minimum Gasteiger partial charge on any atom is -0.508 e. The van der Waals surface area contributed by atoms with Crippen molar-refractivity contribution in [2.24, 2.45) is 0 Å². The number of hydrogen-bond donors (Lipinski definition) is 2. The van der Waals surface area contributed by atoms with Crippen molar-refractivity contribution < 1.29 is 9.90 Å². The SMILES string of the molecule is Cc1c(O)cccc1C(=O)NC(C)CCl. The molecule has 82 valence electrons. The number of phenols is 1. The third-order valence-corrected chi connectivity index (χ3v) is 2.62. The lowest BCUT2D eigenvalue weighted by Crippen LogP contribution is -2.34. The monoisotopic (exact) mass is 227 g/mol. The molecule has 0 aromatic heterocycles. The van der Waals surface area contributed by atoms with Gasteiger partial charge in [-0.25, -0.2) is 0 Å². The van der Waals surface area contributed by atoms with E-state index in [1.54, 1.807) is 25.1 Å².